The van der Waals surface area contributed by atoms with Crippen molar-refractivity contribution in [2.45, 2.75) is 31.2 Å². The molecule has 0 amide bonds. The van der Waals surface area contributed by atoms with Gasteiger partial charge in [-0.15, -0.1) is 0 Å². The van der Waals surface area contributed by atoms with Crippen LogP contribution in [0.1, 0.15) is 41.9 Å². The molecule has 4 atom stereocenters. The third-order valence-corrected chi connectivity index (χ3v) is 7.28. The fraction of sp³-hybridized carbons (Fsp3) is 0.381. The Morgan fingerprint density at radius 3 is 2.71 bits per heavy atom. The number of allylic oxidation sites excluding steroid dienone is 1. The number of hydrogen-bond donors (Lipinski definition) is 3. The average molecular weight is 435 g/mol. The molecular weight excluding hydrogens is 416 g/mol. The molecule has 2 aromatic rings. The largest absolute Gasteiger partial charge is 0.343 e. The maximum absolute atomic E-state index is 10.2. The highest BCUT2D eigenvalue weighted by Crippen LogP contribution is 2.48. The molecule has 140 valence electrons. The number of hydrogen-bond acceptors (Lipinski definition) is 5. The Labute approximate surface area is 171 Å². The van der Waals surface area contributed by atoms with Gasteiger partial charge < -0.3 is 10.6 Å². The molecule has 1 aromatic heterocycles. The molecule has 1 saturated carbocycles. The fourth-order valence-corrected chi connectivity index (χ4v) is 5.63. The van der Waals surface area contributed by atoms with Gasteiger partial charge in [0, 0.05) is 27.7 Å². The van der Waals surface area contributed by atoms with Crippen molar-refractivity contribution >= 4 is 21.7 Å². The molecule has 6 nitrogen and oxygen atoms in total. The van der Waals surface area contributed by atoms with Crippen LogP contribution in [0.25, 0.3) is 0 Å². The standard InChI is InChI=1S/C21H19BrN6/c22-19-12(7-23)2-1-3-13(19)18-15(8-24)20(27-21-16(18)10-26-28-21)14-6-11-4-5-17(14)25-9-11/h1-3,10-11,14,17-18,25H,4-6,9H2,(H2,26,27,28)/t11-,14+,17+,18?/m1/s1. The van der Waals surface area contributed by atoms with Crippen molar-refractivity contribution in [2.24, 2.45) is 11.8 Å². The summed E-state index contributed by atoms with van der Waals surface area (Å²) in [5.41, 5.74) is 4.15. The van der Waals surface area contributed by atoms with Crippen LogP contribution in [0.15, 0.2) is 40.1 Å². The van der Waals surface area contributed by atoms with E-state index in [4.69, 9.17) is 0 Å². The zero-order chi connectivity index (χ0) is 19.3. The smallest absolute Gasteiger partial charge is 0.129 e. The molecule has 1 unspecified atom stereocenters. The Morgan fingerprint density at radius 2 is 2.04 bits per heavy atom. The minimum atomic E-state index is -0.252. The van der Waals surface area contributed by atoms with Crippen LogP contribution in [0.5, 0.6) is 0 Å². The number of rotatable bonds is 2. The molecule has 1 aliphatic carbocycles. The molecule has 3 N–H and O–H groups in total. The molecule has 0 radical (unpaired) electrons. The average Bonchev–Trinajstić information content (AvgIpc) is 3.22. The number of nitrogens with zero attached hydrogens (tertiary/aromatic N) is 3. The van der Waals surface area contributed by atoms with E-state index in [1.807, 2.05) is 12.1 Å². The summed E-state index contributed by atoms with van der Waals surface area (Å²) in [6.07, 6.45) is 5.28. The minimum absolute atomic E-state index is 0.252. The van der Waals surface area contributed by atoms with Gasteiger partial charge in [0.2, 0.25) is 0 Å². The van der Waals surface area contributed by atoms with Crippen LogP contribution in [-0.2, 0) is 0 Å². The lowest BCUT2D eigenvalue weighted by Crippen LogP contribution is -2.52. The van der Waals surface area contributed by atoms with Crippen molar-refractivity contribution in [3.63, 3.8) is 0 Å². The maximum Gasteiger partial charge on any atom is 0.129 e. The van der Waals surface area contributed by atoms with E-state index in [1.165, 1.54) is 6.42 Å². The van der Waals surface area contributed by atoms with Gasteiger partial charge in [0.25, 0.3) is 0 Å². The second-order valence-electron chi connectivity index (χ2n) is 7.82. The summed E-state index contributed by atoms with van der Waals surface area (Å²) >= 11 is 3.60. The Balaban J connectivity index is 1.68. The highest BCUT2D eigenvalue weighted by molar-refractivity contribution is 9.10. The van der Waals surface area contributed by atoms with E-state index >= 15 is 0 Å². The summed E-state index contributed by atoms with van der Waals surface area (Å²) < 4.78 is 0.743. The fourth-order valence-electron chi connectivity index (χ4n) is 5.05. The van der Waals surface area contributed by atoms with Crippen molar-refractivity contribution in [1.82, 2.24) is 15.5 Å². The lowest BCUT2D eigenvalue weighted by Gasteiger charge is -2.45. The van der Waals surface area contributed by atoms with Crippen molar-refractivity contribution in [1.29, 1.82) is 10.5 Å². The number of fused-ring (bicyclic) bond motifs is 4. The second-order valence-corrected chi connectivity index (χ2v) is 8.61. The van der Waals surface area contributed by atoms with Gasteiger partial charge in [0.1, 0.15) is 11.9 Å². The topological polar surface area (TPSA) is 100 Å². The Morgan fingerprint density at radius 1 is 1.14 bits per heavy atom. The first kappa shape index (κ1) is 17.5. The van der Waals surface area contributed by atoms with Crippen LogP contribution in [0.3, 0.4) is 0 Å². The molecule has 6 rings (SSSR count). The van der Waals surface area contributed by atoms with Crippen LogP contribution in [0, 0.1) is 34.5 Å². The number of benzene rings is 1. The number of halogens is 1. The first-order valence-corrected chi connectivity index (χ1v) is 10.4. The molecule has 7 heteroatoms. The lowest BCUT2D eigenvalue weighted by atomic mass is 9.70. The summed E-state index contributed by atoms with van der Waals surface area (Å²) in [4.78, 5) is 0. The molecule has 4 aliphatic rings. The van der Waals surface area contributed by atoms with E-state index in [9.17, 15) is 10.5 Å². The van der Waals surface area contributed by atoms with Crippen LogP contribution < -0.4 is 10.6 Å². The highest BCUT2D eigenvalue weighted by atomic mass is 79.9. The van der Waals surface area contributed by atoms with Gasteiger partial charge in [-0.05, 0) is 59.3 Å². The van der Waals surface area contributed by atoms with E-state index in [0.717, 1.165) is 52.1 Å². The van der Waals surface area contributed by atoms with Gasteiger partial charge in [-0.25, -0.2) is 0 Å². The predicted octanol–water partition coefficient (Wildman–Crippen LogP) is 3.77. The molecule has 2 saturated heterocycles. The van der Waals surface area contributed by atoms with Crippen LogP contribution in [0.4, 0.5) is 5.82 Å². The molecule has 28 heavy (non-hydrogen) atoms. The van der Waals surface area contributed by atoms with Gasteiger partial charge in [0.15, 0.2) is 0 Å². The van der Waals surface area contributed by atoms with E-state index in [0.29, 0.717) is 23.4 Å². The predicted molar refractivity (Wildman–Crippen MR) is 108 cm³/mol. The minimum Gasteiger partial charge on any atom is -0.343 e. The molecule has 3 fully saturated rings. The Hall–Kier alpha value is -2.61. The first-order valence-electron chi connectivity index (χ1n) is 9.57. The van der Waals surface area contributed by atoms with Crippen molar-refractivity contribution < 1.29 is 0 Å². The van der Waals surface area contributed by atoms with Crippen LogP contribution in [-0.4, -0.2) is 22.8 Å². The van der Waals surface area contributed by atoms with Gasteiger partial charge >= 0.3 is 0 Å². The summed E-state index contributed by atoms with van der Waals surface area (Å²) in [6, 6.07) is 10.8. The van der Waals surface area contributed by atoms with Gasteiger partial charge in [-0.3, -0.25) is 5.10 Å². The monoisotopic (exact) mass is 434 g/mol. The quantitative estimate of drug-likeness (QED) is 0.667. The number of piperidine rings is 2. The summed E-state index contributed by atoms with van der Waals surface area (Å²) in [5.74, 6) is 1.55. The second kappa shape index (κ2) is 6.77. The molecular formula is C21H19BrN6. The number of nitrogens with one attached hydrogen (secondary N) is 3. The molecule has 2 bridgehead atoms. The molecule has 4 heterocycles. The summed E-state index contributed by atoms with van der Waals surface area (Å²) in [7, 11) is 0. The number of aromatic amines is 1. The van der Waals surface area contributed by atoms with Crippen LogP contribution >= 0.6 is 15.9 Å². The van der Waals surface area contributed by atoms with E-state index in [-0.39, 0.29) is 5.92 Å². The third kappa shape index (κ3) is 2.58. The number of aromatic nitrogens is 2. The zero-order valence-electron chi connectivity index (χ0n) is 15.2. The molecule has 0 spiro atoms. The van der Waals surface area contributed by atoms with Crippen molar-refractivity contribution in [3.8, 4) is 12.1 Å². The zero-order valence-corrected chi connectivity index (χ0v) is 16.8. The summed E-state index contributed by atoms with van der Waals surface area (Å²) in [5, 5.41) is 34.1. The number of anilines is 1. The van der Waals surface area contributed by atoms with E-state index < -0.39 is 0 Å². The molecule has 3 aliphatic heterocycles. The normalized spacial score (nSPS) is 28.2. The first-order chi connectivity index (χ1) is 13.7. The number of H-pyrrole nitrogens is 1. The Bertz CT molecular complexity index is 1050. The lowest BCUT2D eigenvalue weighted by molar-refractivity contribution is 0.160. The highest BCUT2D eigenvalue weighted by Gasteiger charge is 2.42. The van der Waals surface area contributed by atoms with Crippen molar-refractivity contribution in [3.05, 3.63) is 56.8 Å². The number of nitriles is 2. The van der Waals surface area contributed by atoms with E-state index in [2.05, 4.69) is 48.9 Å². The van der Waals surface area contributed by atoms with Crippen LogP contribution in [0.2, 0.25) is 0 Å². The van der Waals surface area contributed by atoms with Crippen molar-refractivity contribution in [2.75, 3.05) is 11.9 Å². The summed E-state index contributed by atoms with van der Waals surface area (Å²) in [6.45, 7) is 1.07. The van der Waals surface area contributed by atoms with Gasteiger partial charge in [-0.1, -0.05) is 12.1 Å². The third-order valence-electron chi connectivity index (χ3n) is 6.40. The Kier molecular flexibility index (Phi) is 4.23. The molecule has 1 aromatic carbocycles. The van der Waals surface area contributed by atoms with E-state index in [1.54, 1.807) is 12.3 Å². The SMILES string of the molecule is N#CC1=C([C@H]2C[C@H]3CC[C@@H]2NC3)Nc2[nH]ncc2C1c1cccc(C#N)c1Br. The van der Waals surface area contributed by atoms with Gasteiger partial charge in [-0.2, -0.15) is 15.6 Å². The maximum atomic E-state index is 10.2. The van der Waals surface area contributed by atoms with Gasteiger partial charge in [0.05, 0.1) is 29.3 Å².